The van der Waals surface area contributed by atoms with Crippen LogP contribution in [0.4, 0.5) is 0 Å². The molecule has 0 amide bonds. The van der Waals surface area contributed by atoms with Gasteiger partial charge in [-0.05, 0) is 0 Å². The normalized spacial score (nSPS) is 9.62. The maximum atomic E-state index is 5.48. The minimum absolute atomic E-state index is 1.03. The molecular formula is C21H20Cl2Zr-2. The van der Waals surface area contributed by atoms with Gasteiger partial charge in [0.2, 0.25) is 0 Å². The predicted molar refractivity (Wildman–Crippen MR) is 107 cm³/mol. The Balaban J connectivity index is 0.000000159. The van der Waals surface area contributed by atoms with E-state index >= 15 is 0 Å². The maximum absolute atomic E-state index is 5.48. The summed E-state index contributed by atoms with van der Waals surface area (Å²) in [6.07, 6.45) is 1.03. The molecule has 0 bridgehead atoms. The van der Waals surface area contributed by atoms with Crippen molar-refractivity contribution in [1.29, 1.82) is 0 Å². The standard InChI is InChI=1S/C13H9.C5H5.C3H6.2ClH.Zr/c1-3-7-12-10(5-1)9-11-6-2-4-8-13(11)12;1-2-4-5-3-1;1-3-2;;;/h1-9H;1-5H;1H,3H2,2H3;2*1H;/q2*-1;;;;+2/p-2. The topological polar surface area (TPSA) is 0 Å². The summed E-state index contributed by atoms with van der Waals surface area (Å²) < 4.78 is 2.02. The van der Waals surface area contributed by atoms with Crippen LogP contribution in [-0.2, 0) is 18.9 Å². The smallest absolute Gasteiger partial charge is 0.0771 e. The van der Waals surface area contributed by atoms with Gasteiger partial charge < -0.3 is 0 Å². The largest absolute Gasteiger partial charge is 0.214 e. The third-order valence-corrected chi connectivity index (χ3v) is 7.02. The van der Waals surface area contributed by atoms with E-state index in [0.29, 0.717) is 0 Å². The Bertz CT molecular complexity index is 802. The predicted octanol–water partition coefficient (Wildman–Crippen LogP) is 7.24. The number of hydrogen-bond acceptors (Lipinski definition) is 0. The zero-order valence-corrected chi connectivity index (χ0v) is 17.6. The molecule has 0 N–H and O–H groups in total. The van der Waals surface area contributed by atoms with E-state index in [1.165, 1.54) is 21.5 Å². The second-order valence-corrected chi connectivity index (χ2v) is 13.6. The van der Waals surface area contributed by atoms with Gasteiger partial charge in [0.15, 0.2) is 0 Å². The van der Waals surface area contributed by atoms with Gasteiger partial charge in [-0.15, -0.1) is 39.7 Å². The Hall–Kier alpha value is -1.01. The fraction of sp³-hybridized carbons (Fsp3) is 0.0952. The summed E-state index contributed by atoms with van der Waals surface area (Å²) in [6.45, 7) is 2.05. The van der Waals surface area contributed by atoms with Crippen LogP contribution in [0.2, 0.25) is 0 Å². The molecule has 4 aromatic rings. The fourth-order valence-electron chi connectivity index (χ4n) is 2.38. The summed E-state index contributed by atoms with van der Waals surface area (Å²) >= 11 is -1.80. The molecule has 0 fully saturated rings. The van der Waals surface area contributed by atoms with Crippen LogP contribution in [0.15, 0.2) is 84.9 Å². The maximum Gasteiger partial charge on any atom is -0.0771 e. The molecule has 0 atom stereocenters. The van der Waals surface area contributed by atoms with Gasteiger partial charge in [-0.3, -0.25) is 0 Å². The summed E-state index contributed by atoms with van der Waals surface area (Å²) in [7, 11) is 11.0. The monoisotopic (exact) mass is 432 g/mol. The Morgan fingerprint density at radius 3 is 1.67 bits per heavy atom. The molecule has 0 aliphatic heterocycles. The zero-order chi connectivity index (χ0) is 17.2. The first kappa shape index (κ1) is 19.3. The summed E-state index contributed by atoms with van der Waals surface area (Å²) in [5, 5.41) is 5.39. The molecule has 0 aliphatic carbocycles. The number of halogens is 2. The van der Waals surface area contributed by atoms with Gasteiger partial charge in [-0.1, -0.05) is 36.4 Å². The first-order valence-corrected chi connectivity index (χ1v) is 15.7. The molecule has 0 spiro atoms. The molecule has 0 saturated heterocycles. The first-order chi connectivity index (χ1) is 11.7. The molecule has 0 saturated carbocycles. The van der Waals surface area contributed by atoms with E-state index in [1.807, 2.05) is 41.0 Å². The molecule has 124 valence electrons. The van der Waals surface area contributed by atoms with E-state index in [0.717, 1.165) is 6.42 Å². The van der Waals surface area contributed by atoms with Crippen molar-refractivity contribution in [1.82, 2.24) is 0 Å². The summed E-state index contributed by atoms with van der Waals surface area (Å²) in [6, 6.07) is 29.3. The SMILES string of the molecule is CC[CH]=[Zr]([Cl])[Cl].c1cc[cH-]c1.c1ccc2c(c1)[cH-]c1ccccc12. The number of rotatable bonds is 1. The average molecular weight is 435 g/mol. The van der Waals surface area contributed by atoms with Crippen molar-refractivity contribution in [3.63, 3.8) is 0 Å². The third kappa shape index (κ3) is 6.13. The molecule has 3 heteroatoms. The van der Waals surface area contributed by atoms with Crippen molar-refractivity contribution in [3.05, 3.63) is 84.9 Å². The zero-order valence-electron chi connectivity index (χ0n) is 13.6. The van der Waals surface area contributed by atoms with Crippen molar-refractivity contribution in [2.24, 2.45) is 0 Å². The fourth-order valence-corrected chi connectivity index (χ4v) is 4.96. The van der Waals surface area contributed by atoms with Crippen LogP contribution >= 0.6 is 17.0 Å². The van der Waals surface area contributed by atoms with Gasteiger partial charge in [0.05, 0.1) is 0 Å². The van der Waals surface area contributed by atoms with Crippen molar-refractivity contribution in [3.8, 4) is 0 Å². The van der Waals surface area contributed by atoms with Crippen LogP contribution in [0, 0.1) is 0 Å². The van der Waals surface area contributed by atoms with E-state index in [2.05, 4.69) is 54.6 Å². The first-order valence-electron chi connectivity index (χ1n) is 7.93. The molecule has 0 radical (unpaired) electrons. The Labute approximate surface area is 158 Å². The minimum Gasteiger partial charge on any atom is -0.214 e. The van der Waals surface area contributed by atoms with Gasteiger partial charge in [-0.2, -0.15) is 18.2 Å². The number of benzene rings is 2. The summed E-state index contributed by atoms with van der Waals surface area (Å²) in [4.78, 5) is 0. The van der Waals surface area contributed by atoms with Crippen molar-refractivity contribution in [2.75, 3.05) is 0 Å². The van der Waals surface area contributed by atoms with Crippen LogP contribution in [0.1, 0.15) is 13.3 Å². The second-order valence-electron chi connectivity index (χ2n) is 5.18. The third-order valence-electron chi connectivity index (χ3n) is 3.44. The van der Waals surface area contributed by atoms with Gasteiger partial charge in [0.1, 0.15) is 0 Å². The van der Waals surface area contributed by atoms with Crippen LogP contribution in [0.3, 0.4) is 0 Å². The molecule has 0 heterocycles. The Kier molecular flexibility index (Phi) is 8.67. The molecule has 0 unspecified atom stereocenters. The molecular weight excluding hydrogens is 414 g/mol. The van der Waals surface area contributed by atoms with Gasteiger partial charge in [0.25, 0.3) is 0 Å². The van der Waals surface area contributed by atoms with Crippen molar-refractivity contribution < 1.29 is 18.9 Å². The second kappa shape index (κ2) is 10.8. The van der Waals surface area contributed by atoms with Crippen LogP contribution < -0.4 is 0 Å². The quantitative estimate of drug-likeness (QED) is 0.277. The molecule has 0 aliphatic rings. The van der Waals surface area contributed by atoms with E-state index in [1.54, 1.807) is 0 Å². The van der Waals surface area contributed by atoms with Crippen molar-refractivity contribution in [2.45, 2.75) is 13.3 Å². The molecule has 4 rings (SSSR count). The van der Waals surface area contributed by atoms with E-state index in [-0.39, 0.29) is 0 Å². The van der Waals surface area contributed by atoms with Gasteiger partial charge in [-0.25, -0.2) is 12.1 Å². The molecule has 24 heavy (non-hydrogen) atoms. The van der Waals surface area contributed by atoms with Crippen LogP contribution in [0.5, 0.6) is 0 Å². The Morgan fingerprint density at radius 2 is 1.33 bits per heavy atom. The van der Waals surface area contributed by atoms with Crippen LogP contribution in [0.25, 0.3) is 21.5 Å². The van der Waals surface area contributed by atoms with E-state index in [9.17, 15) is 0 Å². The Morgan fingerprint density at radius 1 is 0.833 bits per heavy atom. The minimum atomic E-state index is -1.80. The summed E-state index contributed by atoms with van der Waals surface area (Å²) in [5.74, 6) is 0. The van der Waals surface area contributed by atoms with Crippen molar-refractivity contribution >= 4 is 42.3 Å². The van der Waals surface area contributed by atoms with Gasteiger partial charge >= 0.3 is 53.0 Å². The number of fused-ring (bicyclic) bond motifs is 3. The molecule has 4 aromatic carbocycles. The van der Waals surface area contributed by atoms with Gasteiger partial charge in [0, 0.05) is 0 Å². The summed E-state index contributed by atoms with van der Waals surface area (Å²) in [5.41, 5.74) is 0. The average Bonchev–Trinajstić information content (AvgIpc) is 3.27. The number of hydrogen-bond donors (Lipinski definition) is 0. The van der Waals surface area contributed by atoms with E-state index < -0.39 is 18.9 Å². The molecule has 0 nitrogen and oxygen atoms in total. The molecule has 0 aromatic heterocycles. The van der Waals surface area contributed by atoms with Crippen LogP contribution in [-0.4, -0.2) is 3.71 Å². The van der Waals surface area contributed by atoms with E-state index in [4.69, 9.17) is 17.0 Å².